The first-order valence-electron chi connectivity index (χ1n) is 2.77. The third-order valence-corrected chi connectivity index (χ3v) is 2.94. The Hall–Kier alpha value is -0.663. The van der Waals surface area contributed by atoms with Crippen LogP contribution in [-0.2, 0) is 0 Å². The van der Waals surface area contributed by atoms with Gasteiger partial charge in [0.1, 0.15) is 0 Å². The Bertz CT molecular complexity index is 110. The molecule has 0 aliphatic rings. The molecule has 1 heteroatoms. The van der Waals surface area contributed by atoms with E-state index in [-0.39, 0.29) is 0 Å². The second-order valence-electron chi connectivity index (χ2n) is 1.67. The van der Waals surface area contributed by atoms with Crippen LogP contribution in [0.5, 0.6) is 0 Å². The smallest absolute Gasteiger partial charge is 0.126 e. The van der Waals surface area contributed by atoms with Gasteiger partial charge < -0.3 is 0 Å². The Kier molecular flexibility index (Phi) is 4.12. The summed E-state index contributed by atoms with van der Waals surface area (Å²) in [6.07, 6.45) is 11.4. The first-order valence-corrected chi connectivity index (χ1v) is 4.74. The molecule has 0 rings (SSSR count). The average molecular weight is 122 g/mol. The fourth-order valence-electron chi connectivity index (χ4n) is 0.503. The molecule has 42 valence electrons. The monoisotopic (exact) mass is 122 g/mol. The van der Waals surface area contributed by atoms with Crippen LogP contribution in [0.4, 0.5) is 0 Å². The molecule has 0 bridgehead atoms. The van der Waals surface area contributed by atoms with Crippen LogP contribution >= 0.6 is 0 Å². The van der Waals surface area contributed by atoms with Crippen molar-refractivity contribution in [3.05, 3.63) is 0 Å². The van der Waals surface area contributed by atoms with Crippen LogP contribution in [0.1, 0.15) is 13.3 Å². The molecule has 0 radical (unpaired) electrons. The molecule has 8 heavy (non-hydrogen) atoms. The lowest BCUT2D eigenvalue weighted by Crippen LogP contribution is -2.04. The molecule has 0 aromatic rings. The lowest BCUT2D eigenvalue weighted by Gasteiger charge is -1.92. The van der Waals surface area contributed by atoms with Crippen molar-refractivity contribution < 1.29 is 0 Å². The van der Waals surface area contributed by atoms with E-state index in [9.17, 15) is 0 Å². The molecule has 0 fully saturated rings. The van der Waals surface area contributed by atoms with Crippen LogP contribution in [0, 0.1) is 23.9 Å². The molecule has 0 aromatic heterocycles. The summed E-state index contributed by atoms with van der Waals surface area (Å²) in [5.41, 5.74) is 5.31. The lowest BCUT2D eigenvalue weighted by atomic mass is 10.6. The van der Waals surface area contributed by atoms with Gasteiger partial charge in [-0.1, -0.05) is 13.3 Å². The molecule has 0 saturated carbocycles. The minimum absolute atomic E-state index is 1.09. The molecule has 0 unspecified atom stereocenters. The van der Waals surface area contributed by atoms with Crippen molar-refractivity contribution in [2.75, 3.05) is 0 Å². The van der Waals surface area contributed by atoms with Gasteiger partial charge >= 0.3 is 0 Å². The van der Waals surface area contributed by atoms with Gasteiger partial charge in [0, 0.05) is 0 Å². The highest BCUT2D eigenvalue weighted by Crippen LogP contribution is 1.92. The van der Waals surface area contributed by atoms with Crippen molar-refractivity contribution >= 4 is 8.80 Å². The van der Waals surface area contributed by atoms with Gasteiger partial charge in [0.05, 0.1) is 0 Å². The van der Waals surface area contributed by atoms with Gasteiger partial charge in [-0.25, -0.2) is 0 Å². The highest BCUT2D eigenvalue weighted by atomic mass is 28.3. The summed E-state index contributed by atoms with van der Waals surface area (Å²) < 4.78 is 0. The van der Waals surface area contributed by atoms with E-state index in [1.54, 1.807) is 0 Å². The van der Waals surface area contributed by atoms with Crippen LogP contribution in [-0.4, -0.2) is 8.80 Å². The largest absolute Gasteiger partial charge is 0.201 e. The fourth-order valence-corrected chi connectivity index (χ4v) is 1.51. The molecule has 0 atom stereocenters. The number of hydrogen-bond acceptors (Lipinski definition) is 0. The maximum atomic E-state index is 5.14. The molecule has 0 saturated heterocycles. The van der Waals surface area contributed by atoms with E-state index in [2.05, 4.69) is 18.0 Å². The van der Waals surface area contributed by atoms with Crippen LogP contribution in [0.2, 0.25) is 6.04 Å². The first kappa shape index (κ1) is 7.34. The quantitative estimate of drug-likeness (QED) is 0.378. The Morgan fingerprint density at radius 2 is 1.88 bits per heavy atom. The topological polar surface area (TPSA) is 0 Å². The van der Waals surface area contributed by atoms with E-state index in [4.69, 9.17) is 12.8 Å². The molecule has 0 spiro atoms. The first-order chi connectivity index (χ1) is 3.85. The molecule has 0 N–H and O–H groups in total. The molecular formula is C7H10Si. The summed E-state index contributed by atoms with van der Waals surface area (Å²) in [7, 11) is -1.14. The fraction of sp³-hybridized carbons (Fsp3) is 0.429. The standard InChI is InChI=1S/C7H10Si/c1-4-7-8(5-2)6-3/h2-3,8H,4,7H2,1H3. The predicted molar refractivity (Wildman–Crippen MR) is 39.9 cm³/mol. The predicted octanol–water partition coefficient (Wildman–Crippen LogP) is 0.968. The Morgan fingerprint density at radius 3 is 2.00 bits per heavy atom. The summed E-state index contributed by atoms with van der Waals surface area (Å²) in [5.74, 6) is 0. The van der Waals surface area contributed by atoms with Crippen LogP contribution in [0.15, 0.2) is 0 Å². The summed E-state index contributed by atoms with van der Waals surface area (Å²) in [6, 6.07) is 1.09. The molecule has 0 nitrogen and oxygen atoms in total. The van der Waals surface area contributed by atoms with E-state index >= 15 is 0 Å². The van der Waals surface area contributed by atoms with Gasteiger partial charge in [0.2, 0.25) is 8.80 Å². The van der Waals surface area contributed by atoms with Crippen LogP contribution in [0.3, 0.4) is 0 Å². The van der Waals surface area contributed by atoms with Crippen LogP contribution in [0.25, 0.3) is 0 Å². The normalized spacial score (nSPS) is 8.00. The van der Waals surface area contributed by atoms with Crippen molar-refractivity contribution in [2.24, 2.45) is 0 Å². The van der Waals surface area contributed by atoms with E-state index in [0.29, 0.717) is 0 Å². The highest BCUT2D eigenvalue weighted by Gasteiger charge is 1.97. The molecule has 0 amide bonds. The third-order valence-electron chi connectivity index (χ3n) is 0.980. The molecular weight excluding hydrogens is 112 g/mol. The van der Waals surface area contributed by atoms with Crippen molar-refractivity contribution in [2.45, 2.75) is 19.4 Å². The minimum Gasteiger partial charge on any atom is -0.126 e. The summed E-state index contributed by atoms with van der Waals surface area (Å²) in [5, 5.41) is 0. The Labute approximate surface area is 52.9 Å². The zero-order valence-corrected chi connectivity index (χ0v) is 6.30. The van der Waals surface area contributed by atoms with Crippen molar-refractivity contribution in [3.8, 4) is 23.9 Å². The summed E-state index contributed by atoms with van der Waals surface area (Å²) >= 11 is 0. The van der Waals surface area contributed by atoms with E-state index < -0.39 is 8.80 Å². The van der Waals surface area contributed by atoms with E-state index in [1.807, 2.05) is 0 Å². The zero-order valence-electron chi connectivity index (χ0n) is 5.15. The summed E-state index contributed by atoms with van der Waals surface area (Å²) in [4.78, 5) is 0. The molecule has 0 heterocycles. The molecule has 0 aromatic carbocycles. The average Bonchev–Trinajstić information content (AvgIpc) is 1.83. The number of hydrogen-bond donors (Lipinski definition) is 0. The van der Waals surface area contributed by atoms with Crippen molar-refractivity contribution in [1.29, 1.82) is 0 Å². The second-order valence-corrected chi connectivity index (χ2v) is 4.02. The van der Waals surface area contributed by atoms with Gasteiger partial charge in [0.25, 0.3) is 0 Å². The Balaban J connectivity index is 3.46. The number of terminal acetylenes is 2. The van der Waals surface area contributed by atoms with Crippen molar-refractivity contribution in [1.82, 2.24) is 0 Å². The van der Waals surface area contributed by atoms with Gasteiger partial charge in [0.15, 0.2) is 0 Å². The molecule has 0 aliphatic heterocycles. The summed E-state index contributed by atoms with van der Waals surface area (Å²) in [6.45, 7) is 2.11. The zero-order chi connectivity index (χ0) is 6.41. The third kappa shape index (κ3) is 2.50. The van der Waals surface area contributed by atoms with Crippen molar-refractivity contribution in [3.63, 3.8) is 0 Å². The maximum Gasteiger partial charge on any atom is 0.201 e. The molecule has 0 aliphatic carbocycles. The van der Waals surface area contributed by atoms with Gasteiger partial charge in [-0.05, 0) is 6.04 Å². The number of rotatable bonds is 2. The minimum atomic E-state index is -1.14. The second kappa shape index (κ2) is 4.49. The van der Waals surface area contributed by atoms with E-state index in [1.165, 1.54) is 0 Å². The SMILES string of the molecule is C#C[SiH](C#C)CCC. The Morgan fingerprint density at radius 1 is 1.38 bits per heavy atom. The van der Waals surface area contributed by atoms with Gasteiger partial charge in [-0.3, -0.25) is 0 Å². The highest BCUT2D eigenvalue weighted by molar-refractivity contribution is 6.75. The lowest BCUT2D eigenvalue weighted by molar-refractivity contribution is 1.07. The van der Waals surface area contributed by atoms with Gasteiger partial charge in [-0.2, -0.15) is 0 Å². The van der Waals surface area contributed by atoms with Gasteiger partial charge in [-0.15, -0.1) is 23.9 Å². The van der Waals surface area contributed by atoms with E-state index in [0.717, 1.165) is 12.5 Å². The maximum absolute atomic E-state index is 5.14. The van der Waals surface area contributed by atoms with Crippen LogP contribution < -0.4 is 0 Å².